The molecule has 0 aliphatic heterocycles. The van der Waals surface area contributed by atoms with E-state index in [4.69, 9.17) is 0 Å². The van der Waals surface area contributed by atoms with E-state index in [0.29, 0.717) is 6.04 Å². The average molecular weight is 267 g/mol. The van der Waals surface area contributed by atoms with E-state index in [9.17, 15) is 0 Å². The Kier molecular flexibility index (Phi) is 5.82. The molecule has 0 aromatic heterocycles. The predicted molar refractivity (Wildman–Crippen MR) is 87.7 cm³/mol. The minimum Gasteiger partial charge on any atom is -0.310 e. The largest absolute Gasteiger partial charge is 0.310 e. The van der Waals surface area contributed by atoms with Gasteiger partial charge in [-0.25, -0.2) is 0 Å². The SMILES string of the molecule is CCCC(CC)NCc1ccc(-c2ccccc2)cc1. The Morgan fingerprint density at radius 2 is 1.50 bits per heavy atom. The summed E-state index contributed by atoms with van der Waals surface area (Å²) in [6, 6.07) is 20.1. The normalized spacial score (nSPS) is 12.3. The third kappa shape index (κ3) is 4.21. The molecule has 0 saturated heterocycles. The van der Waals surface area contributed by atoms with Crippen LogP contribution < -0.4 is 5.32 Å². The second-order valence-corrected chi connectivity index (χ2v) is 5.34. The van der Waals surface area contributed by atoms with Crippen LogP contribution in [0.25, 0.3) is 11.1 Å². The Morgan fingerprint density at radius 3 is 2.10 bits per heavy atom. The molecule has 0 spiro atoms. The maximum Gasteiger partial charge on any atom is 0.0208 e. The van der Waals surface area contributed by atoms with Gasteiger partial charge in [0, 0.05) is 12.6 Å². The van der Waals surface area contributed by atoms with Crippen LogP contribution >= 0.6 is 0 Å². The summed E-state index contributed by atoms with van der Waals surface area (Å²) in [6.45, 7) is 5.47. The molecule has 1 unspecified atom stereocenters. The van der Waals surface area contributed by atoms with Gasteiger partial charge in [0.05, 0.1) is 0 Å². The van der Waals surface area contributed by atoms with Gasteiger partial charge in [-0.05, 0) is 29.5 Å². The molecule has 0 bridgehead atoms. The van der Waals surface area contributed by atoms with Gasteiger partial charge < -0.3 is 5.32 Å². The summed E-state index contributed by atoms with van der Waals surface area (Å²) in [5.74, 6) is 0. The van der Waals surface area contributed by atoms with E-state index in [1.54, 1.807) is 0 Å². The number of hydrogen-bond donors (Lipinski definition) is 1. The van der Waals surface area contributed by atoms with Crippen LogP contribution in [0.5, 0.6) is 0 Å². The monoisotopic (exact) mass is 267 g/mol. The van der Waals surface area contributed by atoms with Crippen LogP contribution in [0, 0.1) is 0 Å². The quantitative estimate of drug-likeness (QED) is 0.742. The highest BCUT2D eigenvalue weighted by Gasteiger charge is 2.04. The van der Waals surface area contributed by atoms with Gasteiger partial charge >= 0.3 is 0 Å². The lowest BCUT2D eigenvalue weighted by Gasteiger charge is -2.16. The number of rotatable bonds is 7. The van der Waals surface area contributed by atoms with Gasteiger partial charge in [-0.2, -0.15) is 0 Å². The molecule has 0 fully saturated rings. The number of benzene rings is 2. The van der Waals surface area contributed by atoms with Crippen LogP contribution in [0.2, 0.25) is 0 Å². The molecule has 2 rings (SSSR count). The van der Waals surface area contributed by atoms with Gasteiger partial charge in [-0.3, -0.25) is 0 Å². The van der Waals surface area contributed by atoms with Gasteiger partial charge in [0.15, 0.2) is 0 Å². The Labute approximate surface area is 123 Å². The van der Waals surface area contributed by atoms with E-state index in [2.05, 4.69) is 73.8 Å². The summed E-state index contributed by atoms with van der Waals surface area (Å²) in [4.78, 5) is 0. The zero-order chi connectivity index (χ0) is 14.2. The summed E-state index contributed by atoms with van der Waals surface area (Å²) >= 11 is 0. The van der Waals surface area contributed by atoms with Gasteiger partial charge in [-0.15, -0.1) is 0 Å². The highest BCUT2D eigenvalue weighted by atomic mass is 14.9. The molecule has 106 valence electrons. The molecular formula is C19H25N. The molecule has 0 radical (unpaired) electrons. The van der Waals surface area contributed by atoms with Crippen LogP contribution in [-0.4, -0.2) is 6.04 Å². The Bertz CT molecular complexity index is 487. The molecule has 0 aliphatic carbocycles. The van der Waals surface area contributed by atoms with Crippen molar-refractivity contribution in [3.63, 3.8) is 0 Å². The molecule has 0 aliphatic rings. The van der Waals surface area contributed by atoms with E-state index < -0.39 is 0 Å². The minimum absolute atomic E-state index is 0.647. The summed E-state index contributed by atoms with van der Waals surface area (Å²) in [5.41, 5.74) is 3.93. The summed E-state index contributed by atoms with van der Waals surface area (Å²) < 4.78 is 0. The van der Waals surface area contributed by atoms with Crippen molar-refractivity contribution in [1.82, 2.24) is 5.32 Å². The summed E-state index contributed by atoms with van der Waals surface area (Å²) in [5, 5.41) is 3.65. The highest BCUT2D eigenvalue weighted by Crippen LogP contribution is 2.19. The fraction of sp³-hybridized carbons (Fsp3) is 0.368. The first kappa shape index (κ1) is 14.8. The van der Waals surface area contributed by atoms with Crippen molar-refractivity contribution in [2.45, 2.75) is 45.7 Å². The Balaban J connectivity index is 1.95. The van der Waals surface area contributed by atoms with Crippen LogP contribution in [0.15, 0.2) is 54.6 Å². The van der Waals surface area contributed by atoms with E-state index in [0.717, 1.165) is 6.54 Å². The molecule has 2 aromatic carbocycles. The van der Waals surface area contributed by atoms with Crippen molar-refractivity contribution < 1.29 is 0 Å². The molecule has 1 atom stereocenters. The molecule has 1 nitrogen and oxygen atoms in total. The van der Waals surface area contributed by atoms with E-state index in [1.807, 2.05) is 0 Å². The standard InChI is InChI=1S/C19H25N/c1-3-8-19(4-2)20-15-16-11-13-18(14-12-16)17-9-6-5-7-10-17/h5-7,9-14,19-20H,3-4,8,15H2,1-2H3. The molecule has 1 N–H and O–H groups in total. The van der Waals surface area contributed by atoms with Gasteiger partial charge in [-0.1, -0.05) is 74.9 Å². The van der Waals surface area contributed by atoms with Gasteiger partial charge in [0.2, 0.25) is 0 Å². The first-order chi connectivity index (χ1) is 9.83. The van der Waals surface area contributed by atoms with Gasteiger partial charge in [0.25, 0.3) is 0 Å². The summed E-state index contributed by atoms with van der Waals surface area (Å²) in [7, 11) is 0. The fourth-order valence-corrected chi connectivity index (χ4v) is 2.51. The van der Waals surface area contributed by atoms with Crippen molar-refractivity contribution in [1.29, 1.82) is 0 Å². The zero-order valence-corrected chi connectivity index (χ0v) is 12.6. The van der Waals surface area contributed by atoms with Crippen LogP contribution in [-0.2, 0) is 6.54 Å². The molecule has 1 heteroatoms. The van der Waals surface area contributed by atoms with Crippen molar-refractivity contribution in [3.8, 4) is 11.1 Å². The second-order valence-electron chi connectivity index (χ2n) is 5.34. The minimum atomic E-state index is 0.647. The zero-order valence-electron chi connectivity index (χ0n) is 12.6. The number of nitrogens with one attached hydrogen (secondary N) is 1. The smallest absolute Gasteiger partial charge is 0.0208 e. The molecule has 0 amide bonds. The highest BCUT2D eigenvalue weighted by molar-refractivity contribution is 5.63. The van der Waals surface area contributed by atoms with E-state index >= 15 is 0 Å². The summed E-state index contributed by atoms with van der Waals surface area (Å²) in [6.07, 6.45) is 3.72. The third-order valence-electron chi connectivity index (χ3n) is 3.79. The van der Waals surface area contributed by atoms with E-state index in [-0.39, 0.29) is 0 Å². The lowest BCUT2D eigenvalue weighted by atomic mass is 10.0. The third-order valence-corrected chi connectivity index (χ3v) is 3.79. The maximum atomic E-state index is 3.65. The lowest BCUT2D eigenvalue weighted by molar-refractivity contribution is 0.462. The fourth-order valence-electron chi connectivity index (χ4n) is 2.51. The van der Waals surface area contributed by atoms with Gasteiger partial charge in [0.1, 0.15) is 0 Å². The molecule has 2 aromatic rings. The molecule has 20 heavy (non-hydrogen) atoms. The van der Waals surface area contributed by atoms with Crippen molar-refractivity contribution in [3.05, 3.63) is 60.2 Å². The second kappa shape index (κ2) is 7.86. The first-order valence-electron chi connectivity index (χ1n) is 7.71. The van der Waals surface area contributed by atoms with E-state index in [1.165, 1.54) is 36.0 Å². The Morgan fingerprint density at radius 1 is 0.850 bits per heavy atom. The predicted octanol–water partition coefficient (Wildman–Crippen LogP) is 5.02. The maximum absolute atomic E-state index is 3.65. The molecular weight excluding hydrogens is 242 g/mol. The molecule has 0 saturated carbocycles. The van der Waals surface area contributed by atoms with Crippen molar-refractivity contribution in [2.75, 3.05) is 0 Å². The molecule has 0 heterocycles. The lowest BCUT2D eigenvalue weighted by Crippen LogP contribution is -2.27. The first-order valence-corrected chi connectivity index (χ1v) is 7.71. The van der Waals surface area contributed by atoms with Crippen LogP contribution in [0.3, 0.4) is 0 Å². The van der Waals surface area contributed by atoms with Crippen LogP contribution in [0.1, 0.15) is 38.7 Å². The van der Waals surface area contributed by atoms with Crippen LogP contribution in [0.4, 0.5) is 0 Å². The average Bonchev–Trinajstić information content (AvgIpc) is 2.53. The van der Waals surface area contributed by atoms with Crippen molar-refractivity contribution >= 4 is 0 Å². The topological polar surface area (TPSA) is 12.0 Å². The number of hydrogen-bond acceptors (Lipinski definition) is 1. The van der Waals surface area contributed by atoms with Crippen molar-refractivity contribution in [2.24, 2.45) is 0 Å². The Hall–Kier alpha value is -1.60.